The average Bonchev–Trinajstić information content (AvgIpc) is 2.95. The first-order valence-corrected chi connectivity index (χ1v) is 6.89. The van der Waals surface area contributed by atoms with E-state index < -0.39 is 5.97 Å². The molecule has 1 fully saturated rings. The molecule has 8 heteroatoms. The fourth-order valence-electron chi connectivity index (χ4n) is 1.81. The van der Waals surface area contributed by atoms with Crippen molar-refractivity contribution in [1.29, 1.82) is 0 Å². The summed E-state index contributed by atoms with van der Waals surface area (Å²) < 4.78 is 6.75. The quantitative estimate of drug-likeness (QED) is 0.798. The summed E-state index contributed by atoms with van der Waals surface area (Å²) in [4.78, 5) is 10.6. The summed E-state index contributed by atoms with van der Waals surface area (Å²) in [7, 11) is 0. The van der Waals surface area contributed by atoms with Crippen LogP contribution in [0.4, 0.5) is 0 Å². The van der Waals surface area contributed by atoms with E-state index in [9.17, 15) is 4.79 Å². The second-order valence-electron chi connectivity index (χ2n) is 4.37. The molecular weight excluding hydrogens is 268 g/mol. The Labute approximate surface area is 113 Å². The van der Waals surface area contributed by atoms with Crippen molar-refractivity contribution in [1.82, 2.24) is 19.9 Å². The molecular formula is C11H12N4O3S. The highest BCUT2D eigenvalue weighted by Crippen LogP contribution is 2.40. The minimum atomic E-state index is -0.867. The summed E-state index contributed by atoms with van der Waals surface area (Å²) in [6.45, 7) is 0.511. The second kappa shape index (κ2) is 5.04. The van der Waals surface area contributed by atoms with Gasteiger partial charge in [0.15, 0.2) is 5.16 Å². The van der Waals surface area contributed by atoms with Gasteiger partial charge in [0.05, 0.1) is 12.3 Å². The van der Waals surface area contributed by atoms with Crippen molar-refractivity contribution in [2.24, 2.45) is 0 Å². The standard InChI is InChI=1S/C11H12N4O3S/c16-9(17)6-19-11-13-12-10(7-1-2-7)15(11)5-8-3-4-18-14-8/h3-4,7H,1-2,5-6H2,(H,16,17). The van der Waals surface area contributed by atoms with E-state index in [1.807, 2.05) is 4.57 Å². The third-order valence-electron chi connectivity index (χ3n) is 2.82. The van der Waals surface area contributed by atoms with Crippen LogP contribution in [0, 0.1) is 0 Å². The molecule has 0 saturated heterocycles. The lowest BCUT2D eigenvalue weighted by atomic mass is 10.3. The maximum Gasteiger partial charge on any atom is 0.313 e. The lowest BCUT2D eigenvalue weighted by Crippen LogP contribution is -2.07. The molecule has 0 bridgehead atoms. The highest BCUT2D eigenvalue weighted by atomic mass is 32.2. The number of nitrogens with zero attached hydrogens (tertiary/aromatic N) is 4. The number of aliphatic carboxylic acids is 1. The summed E-state index contributed by atoms with van der Waals surface area (Å²) >= 11 is 1.17. The Morgan fingerprint density at radius 1 is 1.53 bits per heavy atom. The van der Waals surface area contributed by atoms with Gasteiger partial charge in [0, 0.05) is 12.0 Å². The van der Waals surface area contributed by atoms with Crippen LogP contribution in [0.5, 0.6) is 0 Å². The molecule has 100 valence electrons. The summed E-state index contributed by atoms with van der Waals surface area (Å²) in [5.41, 5.74) is 0.777. The minimum Gasteiger partial charge on any atom is -0.481 e. The number of thioether (sulfide) groups is 1. The Morgan fingerprint density at radius 2 is 2.37 bits per heavy atom. The molecule has 2 heterocycles. The van der Waals surface area contributed by atoms with Gasteiger partial charge in [-0.25, -0.2) is 0 Å². The van der Waals surface area contributed by atoms with E-state index in [4.69, 9.17) is 9.63 Å². The Bertz CT molecular complexity index is 577. The number of aromatic nitrogens is 4. The summed E-state index contributed by atoms with van der Waals surface area (Å²) in [5.74, 6) is 0.463. The predicted octanol–water partition coefficient (Wildman–Crippen LogP) is 1.37. The number of hydrogen-bond donors (Lipinski definition) is 1. The van der Waals surface area contributed by atoms with Crippen LogP contribution in [-0.4, -0.2) is 36.7 Å². The zero-order chi connectivity index (χ0) is 13.2. The van der Waals surface area contributed by atoms with Crippen LogP contribution < -0.4 is 0 Å². The lowest BCUT2D eigenvalue weighted by Gasteiger charge is -2.06. The van der Waals surface area contributed by atoms with Gasteiger partial charge in [0.1, 0.15) is 17.8 Å². The average molecular weight is 280 g/mol. The van der Waals surface area contributed by atoms with Gasteiger partial charge in [-0.2, -0.15) is 0 Å². The van der Waals surface area contributed by atoms with E-state index >= 15 is 0 Å². The van der Waals surface area contributed by atoms with Crippen LogP contribution in [0.1, 0.15) is 30.3 Å². The second-order valence-corrected chi connectivity index (χ2v) is 5.32. The smallest absolute Gasteiger partial charge is 0.313 e. The van der Waals surface area contributed by atoms with Gasteiger partial charge in [-0.05, 0) is 12.8 Å². The van der Waals surface area contributed by atoms with Crippen LogP contribution >= 0.6 is 11.8 Å². The number of carboxylic acids is 1. The summed E-state index contributed by atoms with van der Waals surface area (Å²) in [5, 5.41) is 21.5. The fraction of sp³-hybridized carbons (Fsp3) is 0.455. The molecule has 1 aliphatic carbocycles. The predicted molar refractivity (Wildman–Crippen MR) is 66.0 cm³/mol. The normalized spacial score (nSPS) is 14.7. The van der Waals surface area contributed by atoms with Crippen molar-refractivity contribution < 1.29 is 14.4 Å². The summed E-state index contributed by atoms with van der Waals surface area (Å²) in [6.07, 6.45) is 3.74. The molecule has 0 atom stereocenters. The van der Waals surface area contributed by atoms with Gasteiger partial charge in [0.2, 0.25) is 0 Å². The van der Waals surface area contributed by atoms with Crippen molar-refractivity contribution in [3.8, 4) is 0 Å². The molecule has 0 unspecified atom stereocenters. The van der Waals surface area contributed by atoms with Gasteiger partial charge in [-0.3, -0.25) is 9.36 Å². The van der Waals surface area contributed by atoms with Crippen molar-refractivity contribution in [3.05, 3.63) is 23.8 Å². The molecule has 0 spiro atoms. The molecule has 3 rings (SSSR count). The molecule has 1 aliphatic rings. The van der Waals surface area contributed by atoms with Crippen molar-refractivity contribution in [2.75, 3.05) is 5.75 Å². The SMILES string of the molecule is O=C(O)CSc1nnc(C2CC2)n1Cc1ccon1. The molecule has 0 aromatic carbocycles. The first-order chi connectivity index (χ1) is 9.24. The summed E-state index contributed by atoms with van der Waals surface area (Å²) in [6, 6.07) is 1.78. The zero-order valence-electron chi connectivity index (χ0n) is 10.0. The lowest BCUT2D eigenvalue weighted by molar-refractivity contribution is -0.133. The minimum absolute atomic E-state index is 0.0262. The van der Waals surface area contributed by atoms with Gasteiger partial charge in [0.25, 0.3) is 0 Å². The van der Waals surface area contributed by atoms with Gasteiger partial charge in [-0.1, -0.05) is 16.9 Å². The number of hydrogen-bond acceptors (Lipinski definition) is 6. The van der Waals surface area contributed by atoms with Gasteiger partial charge < -0.3 is 9.63 Å². The molecule has 2 aromatic heterocycles. The van der Waals surface area contributed by atoms with Crippen molar-refractivity contribution in [2.45, 2.75) is 30.5 Å². The van der Waals surface area contributed by atoms with Gasteiger partial charge >= 0.3 is 5.97 Å². The van der Waals surface area contributed by atoms with E-state index in [-0.39, 0.29) is 5.75 Å². The van der Waals surface area contributed by atoms with Crippen LogP contribution in [0.2, 0.25) is 0 Å². The maximum atomic E-state index is 10.6. The first-order valence-electron chi connectivity index (χ1n) is 5.91. The molecule has 2 aromatic rings. The van der Waals surface area contributed by atoms with Crippen LogP contribution in [0.25, 0.3) is 0 Å². The Kier molecular flexibility index (Phi) is 3.24. The Morgan fingerprint density at radius 3 is 3.00 bits per heavy atom. The van der Waals surface area contributed by atoms with E-state index in [1.165, 1.54) is 18.0 Å². The molecule has 0 amide bonds. The number of carbonyl (C=O) groups is 1. The van der Waals surface area contributed by atoms with Crippen molar-refractivity contribution >= 4 is 17.7 Å². The van der Waals surface area contributed by atoms with E-state index in [0.717, 1.165) is 24.4 Å². The van der Waals surface area contributed by atoms with Crippen LogP contribution in [-0.2, 0) is 11.3 Å². The number of carboxylic acid groups (broad SMARTS) is 1. The zero-order valence-corrected chi connectivity index (χ0v) is 10.8. The highest BCUT2D eigenvalue weighted by Gasteiger charge is 2.30. The third kappa shape index (κ3) is 2.78. The first kappa shape index (κ1) is 12.2. The topological polar surface area (TPSA) is 94.0 Å². The third-order valence-corrected chi connectivity index (χ3v) is 3.78. The number of rotatable bonds is 6. The van der Waals surface area contributed by atoms with E-state index in [2.05, 4.69) is 15.4 Å². The molecule has 1 saturated carbocycles. The van der Waals surface area contributed by atoms with E-state index in [1.54, 1.807) is 6.07 Å². The van der Waals surface area contributed by atoms with Gasteiger partial charge in [-0.15, -0.1) is 10.2 Å². The molecule has 19 heavy (non-hydrogen) atoms. The van der Waals surface area contributed by atoms with E-state index in [0.29, 0.717) is 17.6 Å². The van der Waals surface area contributed by atoms with Crippen LogP contribution in [0.3, 0.4) is 0 Å². The fourth-order valence-corrected chi connectivity index (χ4v) is 2.47. The molecule has 7 nitrogen and oxygen atoms in total. The largest absolute Gasteiger partial charge is 0.481 e. The molecule has 1 N–H and O–H groups in total. The Balaban J connectivity index is 1.84. The maximum absolute atomic E-state index is 10.6. The highest BCUT2D eigenvalue weighted by molar-refractivity contribution is 7.99. The molecule has 0 radical (unpaired) electrons. The Hall–Kier alpha value is -1.83. The molecule has 0 aliphatic heterocycles. The van der Waals surface area contributed by atoms with Crippen LogP contribution in [0.15, 0.2) is 22.0 Å². The van der Waals surface area contributed by atoms with Crippen molar-refractivity contribution in [3.63, 3.8) is 0 Å². The monoisotopic (exact) mass is 280 g/mol.